The second-order valence-corrected chi connectivity index (χ2v) is 30.5. The molecule has 14 amide bonds. The molecule has 39 heteroatoms. The zero-order valence-corrected chi connectivity index (χ0v) is 68.0. The lowest BCUT2D eigenvalue weighted by atomic mass is 9.99. The van der Waals surface area contributed by atoms with Crippen molar-refractivity contribution in [2.24, 2.45) is 29.0 Å². The summed E-state index contributed by atoms with van der Waals surface area (Å²) in [6.45, 7) is 10.8. The van der Waals surface area contributed by atoms with Crippen LogP contribution in [-0.2, 0) is 83.1 Å². The number of carbonyl (C=O) groups is 15. The van der Waals surface area contributed by atoms with Crippen LogP contribution in [0.15, 0.2) is 24.3 Å². The van der Waals surface area contributed by atoms with Gasteiger partial charge in [-0.3, -0.25) is 71.9 Å². The maximum absolute atomic E-state index is 14.9. The van der Waals surface area contributed by atoms with Crippen LogP contribution in [0.4, 0.5) is 0 Å². The molecule has 39 nitrogen and oxygen atoms in total. The van der Waals surface area contributed by atoms with Gasteiger partial charge < -0.3 is 125 Å². The second-order valence-electron chi connectivity index (χ2n) is 30.5. The number of hydrogen-bond acceptors (Lipinski definition) is 25. The van der Waals surface area contributed by atoms with Crippen LogP contribution in [0.1, 0.15) is 183 Å². The highest BCUT2D eigenvalue weighted by molar-refractivity contribution is 6.00. The predicted octanol–water partition coefficient (Wildman–Crippen LogP) is -5.09. The summed E-state index contributed by atoms with van der Waals surface area (Å²) in [5.74, 6) is -16.5. The molecule has 0 aromatic heterocycles. The Kier molecular flexibility index (Phi) is 43.7. The zero-order valence-electron chi connectivity index (χ0n) is 68.0. The standard InChI is InChI=1S/C76H127N15O24/c1-12-13-14-15-16-17-18-19-20-21-22-25-50(115-76(113)41(4)24-23-31-77)35-56(100)83-61(44(7)93)71(108)81-42(5)67(104)82-51(33-47-26-28-49(29-27-47)114-39-58(102)89(10)11)68(105)85-59(40(2)3)74(111)91-38-48(96)34-52(91)69(106)86-62(45(8)94)72(109)87-63(46(9)95)75(112)90-32-30-53(97)65(90)73(110)88-64(54(98)36-55(78)99)70(107)80-37-57(101)84-60(43(6)92)66(79)103/h26-29,40-46,48,50-54,59-65,92-98H,12-25,30-39,77H2,1-11H3,(H2,78,99)(H2,79,103)(H,80,107)(H,81,108)(H,82,104)(H,83,100)(H,84,101)(H,85,105)(H,86,106)(H,87,109)(H,88,110)/t41-,42+,43+,44+,45+,46+,48+,50+,51-,52-,53-,54+,59-,60+,61+,62+,63-,64-,65-/m0/s1. The Morgan fingerprint density at radius 3 is 1.63 bits per heavy atom. The zero-order chi connectivity index (χ0) is 86.7. The summed E-state index contributed by atoms with van der Waals surface area (Å²) in [5.41, 5.74) is 16.5. The minimum Gasteiger partial charge on any atom is -0.484 e. The molecule has 2 saturated heterocycles. The highest BCUT2D eigenvalue weighted by Gasteiger charge is 2.48. The van der Waals surface area contributed by atoms with Crippen molar-refractivity contribution in [3.63, 3.8) is 0 Å². The average molecular weight is 1630 g/mol. The third-order valence-electron chi connectivity index (χ3n) is 19.8. The summed E-state index contributed by atoms with van der Waals surface area (Å²) in [7, 11) is 3.08. The van der Waals surface area contributed by atoms with Gasteiger partial charge in [-0.25, -0.2) is 0 Å². The van der Waals surface area contributed by atoms with Gasteiger partial charge >= 0.3 is 5.97 Å². The minimum atomic E-state index is -2.14. The molecule has 0 aliphatic carbocycles. The lowest BCUT2D eigenvalue weighted by molar-refractivity contribution is -0.155. The van der Waals surface area contributed by atoms with Gasteiger partial charge in [0.2, 0.25) is 76.8 Å². The maximum atomic E-state index is 14.9. The molecule has 0 radical (unpaired) electrons. The van der Waals surface area contributed by atoms with E-state index in [0.29, 0.717) is 42.7 Å². The van der Waals surface area contributed by atoms with E-state index in [1.165, 1.54) is 103 Å². The number of amides is 14. The lowest BCUT2D eigenvalue weighted by Crippen LogP contribution is -2.64. The molecule has 1 aromatic rings. The molecule has 650 valence electrons. The van der Waals surface area contributed by atoms with Gasteiger partial charge in [0.15, 0.2) is 6.61 Å². The van der Waals surface area contributed by atoms with E-state index < -0.39 is 236 Å². The van der Waals surface area contributed by atoms with E-state index in [0.717, 1.165) is 57.8 Å². The first-order valence-corrected chi connectivity index (χ1v) is 39.5. The molecule has 2 aliphatic rings. The summed E-state index contributed by atoms with van der Waals surface area (Å²) in [5, 5.41) is 96.9. The van der Waals surface area contributed by atoms with E-state index in [2.05, 4.69) is 54.8 Å². The number of likely N-dealkylation sites (N-methyl/N-ethyl adjacent to an activating group) is 1. The van der Waals surface area contributed by atoms with E-state index >= 15 is 0 Å². The number of likely N-dealkylation sites (tertiary alicyclic amines) is 2. The number of carbonyl (C=O) groups excluding carboxylic acids is 15. The van der Waals surface area contributed by atoms with Gasteiger partial charge in [0.05, 0.1) is 68.0 Å². The van der Waals surface area contributed by atoms with E-state index in [-0.39, 0.29) is 37.5 Å². The van der Waals surface area contributed by atoms with E-state index in [1.54, 1.807) is 6.92 Å². The van der Waals surface area contributed by atoms with Gasteiger partial charge in [-0.05, 0) is 96.9 Å². The predicted molar refractivity (Wildman–Crippen MR) is 414 cm³/mol. The SMILES string of the molecule is CCCCCCCCCCCCC[C@H](CC(=O)N[C@@H](C(=O)N[C@H](C)C(=O)N[C@@H](Cc1ccc(OCC(=O)N(C)C)cc1)C(=O)N[C@H](C(=O)N1C[C@H](O)C[C@H]1C(=O)N[C@@H](C(=O)N[C@H](C(=O)N1CC[C@H](O)[C@H]1C(=O)N[C@H](C(=O)NCC(=O)N[C@@H](C(N)=O)[C@@H](C)O)[C@H](O)CC(N)=O)[C@@H](C)O)[C@@H](C)O)C(C)C)[C@@H](C)O)OC(=O)[C@@H](C)CCCN. The Labute approximate surface area is 670 Å². The molecule has 0 saturated carbocycles. The number of benzene rings is 1. The van der Waals surface area contributed by atoms with Gasteiger partial charge in [0, 0.05) is 40.0 Å². The van der Waals surface area contributed by atoms with Crippen LogP contribution in [0.5, 0.6) is 5.75 Å². The summed E-state index contributed by atoms with van der Waals surface area (Å²) in [6, 6.07) is -11.7. The number of rotatable bonds is 52. The van der Waals surface area contributed by atoms with Crippen LogP contribution in [0.3, 0.4) is 0 Å². The topological polar surface area (TPSA) is 612 Å². The fraction of sp³-hybridized carbons (Fsp3) is 0.724. The molecular formula is C76H127N15O24. The maximum Gasteiger partial charge on any atom is 0.308 e. The smallest absolute Gasteiger partial charge is 0.308 e. The van der Waals surface area contributed by atoms with Gasteiger partial charge in [-0.2, -0.15) is 0 Å². The van der Waals surface area contributed by atoms with Crippen molar-refractivity contribution in [1.29, 1.82) is 0 Å². The number of primary amides is 2. The summed E-state index contributed by atoms with van der Waals surface area (Å²) >= 11 is 0. The lowest BCUT2D eigenvalue weighted by Gasteiger charge is -2.34. The Balaban J connectivity index is 1.89. The molecule has 0 bridgehead atoms. The number of unbranched alkanes of at least 4 members (excludes halogenated alkanes) is 10. The third kappa shape index (κ3) is 33.9. The summed E-state index contributed by atoms with van der Waals surface area (Å²) < 4.78 is 11.5. The first kappa shape index (κ1) is 99.9. The number of β-amino-alcohol motifs (C(OH)–C–C–N with tert-alkyl or cyclic N) is 1. The quantitative estimate of drug-likeness (QED) is 0.0214. The number of esters is 1. The molecule has 3 rings (SSSR count). The Morgan fingerprint density at radius 1 is 0.557 bits per heavy atom. The number of hydrogen-bond donors (Lipinski definition) is 19. The normalized spacial score (nSPS) is 19.2. The van der Waals surface area contributed by atoms with E-state index in [9.17, 15) is 108 Å². The highest BCUT2D eigenvalue weighted by Crippen LogP contribution is 2.25. The van der Waals surface area contributed by atoms with Crippen LogP contribution in [0, 0.1) is 11.8 Å². The van der Waals surface area contributed by atoms with Gasteiger partial charge in [-0.15, -0.1) is 0 Å². The minimum absolute atomic E-state index is 0.256. The van der Waals surface area contributed by atoms with Crippen LogP contribution >= 0.6 is 0 Å². The fourth-order valence-corrected chi connectivity index (χ4v) is 12.9. The number of aliphatic hydroxyl groups excluding tert-OH is 7. The van der Waals surface area contributed by atoms with Crippen LogP contribution in [0.25, 0.3) is 0 Å². The molecule has 2 fully saturated rings. The van der Waals surface area contributed by atoms with Crippen molar-refractivity contribution < 1.29 is 117 Å². The Bertz CT molecular complexity index is 3380. The number of nitrogens with two attached hydrogens (primary N) is 3. The van der Waals surface area contributed by atoms with Gasteiger partial charge in [-0.1, -0.05) is 104 Å². The number of nitrogens with zero attached hydrogens (tertiary/aromatic N) is 3. The monoisotopic (exact) mass is 1630 g/mol. The van der Waals surface area contributed by atoms with Gasteiger partial charge in [0.25, 0.3) is 5.91 Å². The molecule has 2 heterocycles. The van der Waals surface area contributed by atoms with Crippen molar-refractivity contribution in [3.8, 4) is 5.75 Å². The third-order valence-corrected chi connectivity index (χ3v) is 19.8. The first-order valence-electron chi connectivity index (χ1n) is 39.5. The summed E-state index contributed by atoms with van der Waals surface area (Å²) in [4.78, 5) is 207. The second kappa shape index (κ2) is 50.3. The molecule has 2 aliphatic heterocycles. The van der Waals surface area contributed by atoms with Crippen molar-refractivity contribution in [1.82, 2.24) is 62.6 Å². The van der Waals surface area contributed by atoms with E-state index in [4.69, 9.17) is 26.7 Å². The molecule has 19 atom stereocenters. The molecule has 1 aromatic carbocycles. The molecule has 115 heavy (non-hydrogen) atoms. The average Bonchev–Trinajstić information content (AvgIpc) is 1.69. The largest absolute Gasteiger partial charge is 0.484 e. The Morgan fingerprint density at radius 2 is 1.09 bits per heavy atom. The van der Waals surface area contributed by atoms with Gasteiger partial charge in [0.1, 0.15) is 72.3 Å². The first-order chi connectivity index (χ1) is 54.0. The van der Waals surface area contributed by atoms with Crippen molar-refractivity contribution in [2.75, 3.05) is 46.9 Å². The van der Waals surface area contributed by atoms with Crippen LogP contribution in [0.2, 0.25) is 0 Å². The Hall–Kier alpha value is -9.25. The number of ether oxygens (including phenoxy) is 2. The number of nitrogens with one attached hydrogen (secondary N) is 9. The van der Waals surface area contributed by atoms with Crippen molar-refractivity contribution in [3.05, 3.63) is 29.8 Å². The molecule has 22 N–H and O–H groups in total. The molecule has 0 unspecified atom stereocenters. The highest BCUT2D eigenvalue weighted by atomic mass is 16.5. The van der Waals surface area contributed by atoms with E-state index in [1.807, 2.05) is 0 Å². The number of aliphatic hydroxyl groups is 7. The van der Waals surface area contributed by atoms with Crippen LogP contribution < -0.4 is 69.8 Å². The fourth-order valence-electron chi connectivity index (χ4n) is 12.9. The van der Waals surface area contributed by atoms with Crippen molar-refractivity contribution >= 4 is 88.7 Å². The van der Waals surface area contributed by atoms with Crippen molar-refractivity contribution in [2.45, 2.75) is 294 Å². The molecular weight excluding hydrogens is 1510 g/mol. The molecule has 0 spiro atoms. The summed E-state index contributed by atoms with van der Waals surface area (Å²) in [6.07, 6.45) is -2.14. The van der Waals surface area contributed by atoms with Crippen LogP contribution in [-0.4, -0.2) is 295 Å².